The van der Waals surface area contributed by atoms with Crippen LogP contribution in [0, 0.1) is 0 Å². The highest BCUT2D eigenvalue weighted by Gasteiger charge is 2.16. The molecular formula is C60H40N2. The normalized spacial score (nSPS) is 11.2. The second kappa shape index (κ2) is 16.1. The van der Waals surface area contributed by atoms with Crippen LogP contribution in [0.25, 0.3) is 111 Å². The Balaban J connectivity index is 1.03. The van der Waals surface area contributed by atoms with Gasteiger partial charge in [-0.3, -0.25) is 0 Å². The Morgan fingerprint density at radius 3 is 1.23 bits per heavy atom. The molecule has 0 N–H and O–H groups in total. The summed E-state index contributed by atoms with van der Waals surface area (Å²) in [4.78, 5) is 10.5. The Morgan fingerprint density at radius 1 is 0.210 bits per heavy atom. The number of rotatable bonds is 8. The maximum Gasteiger partial charge on any atom is 0.0722 e. The van der Waals surface area contributed by atoms with Crippen molar-refractivity contribution in [2.45, 2.75) is 0 Å². The van der Waals surface area contributed by atoms with Crippen molar-refractivity contribution in [3.8, 4) is 89.4 Å². The van der Waals surface area contributed by atoms with Crippen LogP contribution in [0.5, 0.6) is 0 Å². The standard InChI is InChI=1S/C60H40N2/c1-5-15-41(16-6-1)43-27-31-47(32-28-43)57-38-51(39-58(62-57)48-33-29-44(30-34-48)42-17-7-2-8-18-42)49-23-13-24-50(37-49)52-25-14-26-54-53(52)35-36-56-60(54)55(45-19-9-3-10-20-45)40-59(61-56)46-21-11-4-12-22-46/h1-40H. The van der Waals surface area contributed by atoms with Gasteiger partial charge < -0.3 is 0 Å². The summed E-state index contributed by atoms with van der Waals surface area (Å²) < 4.78 is 0. The van der Waals surface area contributed by atoms with E-state index in [1.807, 2.05) is 0 Å². The van der Waals surface area contributed by atoms with E-state index in [0.29, 0.717) is 0 Å². The summed E-state index contributed by atoms with van der Waals surface area (Å²) in [6.07, 6.45) is 0. The summed E-state index contributed by atoms with van der Waals surface area (Å²) in [5.41, 5.74) is 18.7. The first-order valence-electron chi connectivity index (χ1n) is 21.1. The minimum atomic E-state index is 0.932. The topological polar surface area (TPSA) is 25.8 Å². The average Bonchev–Trinajstić information content (AvgIpc) is 3.37. The highest BCUT2D eigenvalue weighted by Crippen LogP contribution is 2.41. The van der Waals surface area contributed by atoms with Crippen molar-refractivity contribution in [1.29, 1.82) is 0 Å². The van der Waals surface area contributed by atoms with E-state index in [9.17, 15) is 0 Å². The van der Waals surface area contributed by atoms with Gasteiger partial charge in [0.15, 0.2) is 0 Å². The van der Waals surface area contributed by atoms with Gasteiger partial charge in [0.25, 0.3) is 0 Å². The minimum absolute atomic E-state index is 0.932. The third kappa shape index (κ3) is 7.14. The van der Waals surface area contributed by atoms with Crippen molar-refractivity contribution in [3.63, 3.8) is 0 Å². The second-order valence-corrected chi connectivity index (χ2v) is 15.7. The molecule has 0 aliphatic heterocycles. The van der Waals surface area contributed by atoms with E-state index in [0.717, 1.165) is 61.4 Å². The lowest BCUT2D eigenvalue weighted by atomic mass is 9.90. The van der Waals surface area contributed by atoms with E-state index in [-0.39, 0.29) is 0 Å². The fourth-order valence-electron chi connectivity index (χ4n) is 8.73. The highest BCUT2D eigenvalue weighted by molar-refractivity contribution is 6.17. The van der Waals surface area contributed by atoms with Gasteiger partial charge in [0, 0.05) is 22.1 Å². The zero-order valence-corrected chi connectivity index (χ0v) is 34.0. The van der Waals surface area contributed by atoms with Gasteiger partial charge in [0.1, 0.15) is 0 Å². The maximum absolute atomic E-state index is 5.31. The van der Waals surface area contributed by atoms with Crippen LogP contribution in [0.4, 0.5) is 0 Å². The fraction of sp³-hybridized carbons (Fsp3) is 0. The molecule has 0 aliphatic carbocycles. The minimum Gasteiger partial charge on any atom is -0.248 e. The van der Waals surface area contributed by atoms with Gasteiger partial charge in [-0.1, -0.05) is 212 Å². The van der Waals surface area contributed by atoms with Crippen molar-refractivity contribution < 1.29 is 0 Å². The molecule has 0 atom stereocenters. The molecule has 2 heterocycles. The van der Waals surface area contributed by atoms with E-state index < -0.39 is 0 Å². The molecule has 290 valence electrons. The molecule has 0 saturated carbocycles. The van der Waals surface area contributed by atoms with E-state index in [4.69, 9.17) is 9.97 Å². The van der Waals surface area contributed by atoms with Crippen molar-refractivity contribution in [2.75, 3.05) is 0 Å². The molecule has 0 fully saturated rings. The van der Waals surface area contributed by atoms with Crippen LogP contribution in [0.15, 0.2) is 243 Å². The van der Waals surface area contributed by atoms with Gasteiger partial charge in [0.05, 0.1) is 22.6 Å². The van der Waals surface area contributed by atoms with Crippen LogP contribution >= 0.6 is 0 Å². The zero-order valence-electron chi connectivity index (χ0n) is 34.0. The summed E-state index contributed by atoms with van der Waals surface area (Å²) in [5.74, 6) is 0. The van der Waals surface area contributed by atoms with E-state index >= 15 is 0 Å². The van der Waals surface area contributed by atoms with E-state index in [1.165, 1.54) is 49.7 Å². The van der Waals surface area contributed by atoms with Crippen LogP contribution in [-0.4, -0.2) is 9.97 Å². The van der Waals surface area contributed by atoms with Crippen LogP contribution in [-0.2, 0) is 0 Å². The monoisotopic (exact) mass is 788 g/mol. The Bertz CT molecular complexity index is 3240. The fourth-order valence-corrected chi connectivity index (χ4v) is 8.73. The van der Waals surface area contributed by atoms with Gasteiger partial charge in [-0.2, -0.15) is 0 Å². The Morgan fingerprint density at radius 2 is 0.645 bits per heavy atom. The number of pyridine rings is 2. The van der Waals surface area contributed by atoms with Gasteiger partial charge in [-0.25, -0.2) is 9.97 Å². The molecule has 0 radical (unpaired) electrons. The largest absolute Gasteiger partial charge is 0.248 e. The predicted molar refractivity (Wildman–Crippen MR) is 261 cm³/mol. The molecule has 9 aromatic carbocycles. The van der Waals surface area contributed by atoms with Crippen LogP contribution in [0.3, 0.4) is 0 Å². The lowest BCUT2D eigenvalue weighted by molar-refractivity contribution is 1.32. The third-order valence-electron chi connectivity index (χ3n) is 11.9. The van der Waals surface area contributed by atoms with E-state index in [2.05, 4.69) is 243 Å². The molecule has 2 aromatic heterocycles. The van der Waals surface area contributed by atoms with Crippen LogP contribution in [0.2, 0.25) is 0 Å². The smallest absolute Gasteiger partial charge is 0.0722 e. The first-order valence-corrected chi connectivity index (χ1v) is 21.1. The second-order valence-electron chi connectivity index (χ2n) is 15.7. The molecule has 0 bridgehead atoms. The molecule has 0 unspecified atom stereocenters. The molecule has 11 rings (SSSR count). The van der Waals surface area contributed by atoms with Crippen molar-refractivity contribution in [1.82, 2.24) is 9.97 Å². The van der Waals surface area contributed by atoms with Crippen LogP contribution in [0.1, 0.15) is 0 Å². The molecular weight excluding hydrogens is 749 g/mol. The SMILES string of the molecule is c1ccc(-c2ccc(-c3cc(-c4cccc(-c5cccc6c5ccc5nc(-c7ccccc7)cc(-c7ccccc7)c56)c4)cc(-c4ccc(-c5ccccc5)cc4)n3)cc2)cc1. The lowest BCUT2D eigenvalue weighted by Crippen LogP contribution is -1.93. The number of nitrogens with zero attached hydrogens (tertiary/aromatic N) is 2. The molecule has 11 aromatic rings. The Hall–Kier alpha value is -8.20. The first kappa shape index (κ1) is 36.8. The van der Waals surface area contributed by atoms with Gasteiger partial charge in [-0.05, 0) is 96.7 Å². The average molecular weight is 789 g/mol. The van der Waals surface area contributed by atoms with Crippen molar-refractivity contribution in [2.24, 2.45) is 0 Å². The number of hydrogen-bond donors (Lipinski definition) is 0. The molecule has 62 heavy (non-hydrogen) atoms. The van der Waals surface area contributed by atoms with E-state index in [1.54, 1.807) is 0 Å². The number of benzene rings is 9. The third-order valence-corrected chi connectivity index (χ3v) is 11.9. The molecule has 0 spiro atoms. The quantitative estimate of drug-likeness (QED) is 0.143. The molecule has 2 heteroatoms. The number of fused-ring (bicyclic) bond motifs is 3. The summed E-state index contributed by atoms with van der Waals surface area (Å²) in [6, 6.07) is 86.5. The van der Waals surface area contributed by atoms with Crippen molar-refractivity contribution in [3.05, 3.63) is 243 Å². The van der Waals surface area contributed by atoms with Gasteiger partial charge in [-0.15, -0.1) is 0 Å². The molecule has 2 nitrogen and oxygen atoms in total. The van der Waals surface area contributed by atoms with Gasteiger partial charge in [0.2, 0.25) is 0 Å². The Kier molecular flexibility index (Phi) is 9.57. The van der Waals surface area contributed by atoms with Crippen molar-refractivity contribution >= 4 is 21.7 Å². The summed E-state index contributed by atoms with van der Waals surface area (Å²) >= 11 is 0. The first-order chi connectivity index (χ1) is 30.7. The summed E-state index contributed by atoms with van der Waals surface area (Å²) in [6.45, 7) is 0. The molecule has 0 saturated heterocycles. The maximum atomic E-state index is 5.31. The molecule has 0 amide bonds. The predicted octanol–water partition coefficient (Wildman–Crippen LogP) is 16.1. The molecule has 0 aliphatic rings. The lowest BCUT2D eigenvalue weighted by Gasteiger charge is -2.15. The van der Waals surface area contributed by atoms with Crippen LogP contribution < -0.4 is 0 Å². The number of hydrogen-bond acceptors (Lipinski definition) is 2. The highest BCUT2D eigenvalue weighted by atomic mass is 14.7. The van der Waals surface area contributed by atoms with Gasteiger partial charge >= 0.3 is 0 Å². The summed E-state index contributed by atoms with van der Waals surface area (Å²) in [5, 5.41) is 3.53. The Labute approximate surface area is 362 Å². The summed E-state index contributed by atoms with van der Waals surface area (Å²) in [7, 11) is 0. The number of aromatic nitrogens is 2. The zero-order chi connectivity index (χ0) is 41.2.